The van der Waals surface area contributed by atoms with Crippen molar-refractivity contribution in [1.29, 1.82) is 0 Å². The van der Waals surface area contributed by atoms with Crippen LogP contribution in [-0.2, 0) is 14.2 Å². The van der Waals surface area contributed by atoms with Crippen molar-refractivity contribution in [3.8, 4) is 0 Å². The van der Waals surface area contributed by atoms with E-state index in [9.17, 15) is 10.2 Å². The van der Waals surface area contributed by atoms with Gasteiger partial charge in [-0.15, -0.1) is 0 Å². The minimum absolute atomic E-state index is 0.330. The van der Waals surface area contributed by atoms with E-state index in [0.29, 0.717) is 0 Å². The molecule has 1 saturated heterocycles. The monoisotopic (exact) mass is 208 g/mol. The topological polar surface area (TPSA) is 88.4 Å². The molecule has 3 N–H and O–H groups in total. The number of hydrogen-bond donors (Lipinski definition) is 3. The van der Waals surface area contributed by atoms with E-state index in [1.165, 1.54) is 14.2 Å². The molecule has 0 aromatic heterocycles. The summed E-state index contributed by atoms with van der Waals surface area (Å²) in [6.45, 7) is -0.330. The lowest BCUT2D eigenvalue weighted by atomic mass is 9.99. The molecule has 6 nitrogen and oxygen atoms in total. The molecule has 0 amide bonds. The van der Waals surface area contributed by atoms with Gasteiger partial charge in [0, 0.05) is 14.2 Å². The van der Waals surface area contributed by atoms with Gasteiger partial charge >= 0.3 is 0 Å². The first kappa shape index (κ1) is 11.8. The molecule has 5 atom stereocenters. The Morgan fingerprint density at radius 1 is 1.14 bits per heavy atom. The molecule has 0 aliphatic carbocycles. The van der Waals surface area contributed by atoms with Gasteiger partial charge in [0.15, 0.2) is 6.29 Å². The summed E-state index contributed by atoms with van der Waals surface area (Å²) in [7, 11) is 2.75. The zero-order valence-corrected chi connectivity index (χ0v) is 8.16. The van der Waals surface area contributed by atoms with E-state index in [1.54, 1.807) is 0 Å². The van der Waals surface area contributed by atoms with Crippen LogP contribution in [0.15, 0.2) is 0 Å². The molecule has 0 saturated carbocycles. The van der Waals surface area contributed by atoms with E-state index in [4.69, 9.17) is 19.3 Å². The highest BCUT2D eigenvalue weighted by Gasteiger charge is 2.44. The fraction of sp³-hybridized carbons (Fsp3) is 1.00. The quantitative estimate of drug-likeness (QED) is 0.501. The van der Waals surface area contributed by atoms with Gasteiger partial charge in [0.2, 0.25) is 0 Å². The van der Waals surface area contributed by atoms with Gasteiger partial charge in [0.25, 0.3) is 0 Å². The first-order chi connectivity index (χ1) is 6.65. The van der Waals surface area contributed by atoms with E-state index in [-0.39, 0.29) is 6.61 Å². The number of ether oxygens (including phenoxy) is 3. The summed E-state index contributed by atoms with van der Waals surface area (Å²) in [5.41, 5.74) is 0. The summed E-state index contributed by atoms with van der Waals surface area (Å²) in [5.74, 6) is 0. The number of aliphatic hydroxyl groups is 3. The smallest absolute Gasteiger partial charge is 0.184 e. The van der Waals surface area contributed by atoms with Crippen molar-refractivity contribution in [3.63, 3.8) is 0 Å². The molecule has 0 bridgehead atoms. The van der Waals surface area contributed by atoms with Crippen LogP contribution in [0.4, 0.5) is 0 Å². The third-order valence-electron chi connectivity index (χ3n) is 2.36. The molecule has 1 heterocycles. The molecule has 1 fully saturated rings. The van der Waals surface area contributed by atoms with Gasteiger partial charge in [-0.2, -0.15) is 0 Å². The van der Waals surface area contributed by atoms with Crippen LogP contribution in [0.5, 0.6) is 0 Å². The molecule has 1 unspecified atom stereocenters. The average Bonchev–Trinajstić information content (AvgIpc) is 2.17. The molecular formula is C8H16O6. The van der Waals surface area contributed by atoms with Gasteiger partial charge < -0.3 is 29.5 Å². The van der Waals surface area contributed by atoms with Crippen molar-refractivity contribution in [1.82, 2.24) is 0 Å². The summed E-state index contributed by atoms with van der Waals surface area (Å²) in [4.78, 5) is 0. The number of methoxy groups -OCH3 is 2. The van der Waals surface area contributed by atoms with Gasteiger partial charge in [-0.05, 0) is 0 Å². The standard InChI is InChI=1S/C8H16O6/c1-12-6-4(3-9)14-8(11)7(13-2)5(6)10/h4-11H,3H2,1-2H3/t4-,5+,6-,7-,8?/m1/s1. The van der Waals surface area contributed by atoms with Crippen LogP contribution in [-0.4, -0.2) is 66.9 Å². The highest BCUT2D eigenvalue weighted by molar-refractivity contribution is 4.90. The maximum atomic E-state index is 9.70. The van der Waals surface area contributed by atoms with Crippen molar-refractivity contribution < 1.29 is 29.5 Å². The Morgan fingerprint density at radius 3 is 2.14 bits per heavy atom. The van der Waals surface area contributed by atoms with E-state index < -0.39 is 30.7 Å². The average molecular weight is 208 g/mol. The summed E-state index contributed by atoms with van der Waals surface area (Å²) in [5, 5.41) is 28.0. The van der Waals surface area contributed by atoms with Gasteiger partial charge in [-0.3, -0.25) is 0 Å². The fourth-order valence-electron chi connectivity index (χ4n) is 1.60. The number of rotatable bonds is 3. The predicted molar refractivity (Wildman–Crippen MR) is 45.6 cm³/mol. The minimum Gasteiger partial charge on any atom is -0.394 e. The van der Waals surface area contributed by atoms with Crippen LogP contribution in [0.2, 0.25) is 0 Å². The van der Waals surface area contributed by atoms with E-state index in [0.717, 1.165) is 0 Å². The molecule has 84 valence electrons. The van der Waals surface area contributed by atoms with E-state index in [1.807, 2.05) is 0 Å². The molecule has 0 radical (unpaired) electrons. The fourth-order valence-corrected chi connectivity index (χ4v) is 1.60. The molecule has 1 aliphatic heterocycles. The Balaban J connectivity index is 2.72. The normalized spacial score (nSPS) is 43.9. The second kappa shape index (κ2) is 5.01. The first-order valence-corrected chi connectivity index (χ1v) is 4.33. The Labute approximate surface area is 82.0 Å². The highest BCUT2D eigenvalue weighted by atomic mass is 16.7. The van der Waals surface area contributed by atoms with E-state index in [2.05, 4.69) is 0 Å². The predicted octanol–water partition coefficient (Wildman–Crippen LogP) is -1.91. The molecule has 1 rings (SSSR count). The number of hydrogen-bond acceptors (Lipinski definition) is 6. The lowest BCUT2D eigenvalue weighted by molar-refractivity contribution is -0.295. The SMILES string of the molecule is CO[C@H]1[C@H](O)[C@@H](OC)C(O)O[C@@H]1CO. The highest BCUT2D eigenvalue weighted by Crippen LogP contribution is 2.23. The third kappa shape index (κ3) is 2.05. The minimum atomic E-state index is -1.25. The Kier molecular flexibility index (Phi) is 4.24. The lowest BCUT2D eigenvalue weighted by Crippen LogP contribution is -2.59. The third-order valence-corrected chi connectivity index (χ3v) is 2.36. The van der Waals surface area contributed by atoms with Crippen molar-refractivity contribution in [3.05, 3.63) is 0 Å². The molecule has 0 aromatic carbocycles. The zero-order chi connectivity index (χ0) is 10.7. The maximum absolute atomic E-state index is 9.70. The summed E-state index contributed by atoms with van der Waals surface area (Å²) in [6, 6.07) is 0. The molecule has 14 heavy (non-hydrogen) atoms. The molecular weight excluding hydrogens is 192 g/mol. The van der Waals surface area contributed by atoms with Crippen molar-refractivity contribution in [2.45, 2.75) is 30.7 Å². The van der Waals surface area contributed by atoms with Crippen LogP contribution >= 0.6 is 0 Å². The Hall–Kier alpha value is -0.240. The Bertz CT molecular complexity index is 175. The second-order valence-corrected chi connectivity index (χ2v) is 3.14. The van der Waals surface area contributed by atoms with Crippen molar-refractivity contribution in [2.75, 3.05) is 20.8 Å². The maximum Gasteiger partial charge on any atom is 0.184 e. The van der Waals surface area contributed by atoms with Crippen LogP contribution < -0.4 is 0 Å². The van der Waals surface area contributed by atoms with Crippen LogP contribution in [0, 0.1) is 0 Å². The summed E-state index contributed by atoms with van der Waals surface area (Å²) >= 11 is 0. The van der Waals surface area contributed by atoms with Gasteiger partial charge in [-0.1, -0.05) is 0 Å². The number of aliphatic hydroxyl groups excluding tert-OH is 3. The molecule has 1 aliphatic rings. The van der Waals surface area contributed by atoms with Gasteiger partial charge in [-0.25, -0.2) is 0 Å². The summed E-state index contributed by atoms with van der Waals surface area (Å²) < 4.78 is 14.8. The first-order valence-electron chi connectivity index (χ1n) is 4.33. The molecule has 0 aromatic rings. The Morgan fingerprint density at radius 2 is 1.71 bits per heavy atom. The van der Waals surface area contributed by atoms with Crippen molar-refractivity contribution >= 4 is 0 Å². The molecule has 0 spiro atoms. The van der Waals surface area contributed by atoms with Gasteiger partial charge in [0.1, 0.15) is 24.4 Å². The van der Waals surface area contributed by atoms with Crippen LogP contribution in [0.1, 0.15) is 0 Å². The van der Waals surface area contributed by atoms with Crippen LogP contribution in [0.3, 0.4) is 0 Å². The zero-order valence-electron chi connectivity index (χ0n) is 8.16. The lowest BCUT2D eigenvalue weighted by Gasteiger charge is -2.40. The van der Waals surface area contributed by atoms with Crippen molar-refractivity contribution in [2.24, 2.45) is 0 Å². The van der Waals surface area contributed by atoms with E-state index >= 15 is 0 Å². The molecule has 6 heteroatoms. The van der Waals surface area contributed by atoms with Gasteiger partial charge in [0.05, 0.1) is 6.61 Å². The second-order valence-electron chi connectivity index (χ2n) is 3.14. The van der Waals surface area contributed by atoms with Crippen LogP contribution in [0.25, 0.3) is 0 Å². The largest absolute Gasteiger partial charge is 0.394 e. The summed E-state index contributed by atoms with van der Waals surface area (Å²) in [6.07, 6.45) is -4.57.